The van der Waals surface area contributed by atoms with E-state index in [-0.39, 0.29) is 16.6 Å². The first-order chi connectivity index (χ1) is 8.14. The van der Waals surface area contributed by atoms with Crippen LogP contribution in [0.15, 0.2) is 11.6 Å². The zero-order valence-electron chi connectivity index (χ0n) is 12.3. The third-order valence-electron chi connectivity index (χ3n) is 3.04. The molecule has 104 valence electrons. The van der Waals surface area contributed by atoms with Crippen molar-refractivity contribution < 1.29 is 9.00 Å². The van der Waals surface area contributed by atoms with E-state index >= 15 is 0 Å². The molecule has 0 bridgehead atoms. The molecular weight excluding hydrogens is 246 g/mol. The van der Waals surface area contributed by atoms with Crippen molar-refractivity contribution in [2.24, 2.45) is 5.92 Å². The molecule has 0 radical (unpaired) electrons. The Labute approximate surface area is 113 Å². The highest BCUT2D eigenvalue weighted by Crippen LogP contribution is 2.30. The van der Waals surface area contributed by atoms with Crippen LogP contribution < -0.4 is 0 Å². The van der Waals surface area contributed by atoms with E-state index in [1.165, 1.54) is 0 Å². The predicted octanol–water partition coefficient (Wildman–Crippen LogP) is 2.69. The van der Waals surface area contributed by atoms with Crippen LogP contribution in [0.25, 0.3) is 0 Å². The maximum Gasteiger partial charge on any atom is 0.157 e. The quantitative estimate of drug-likeness (QED) is 0.788. The van der Waals surface area contributed by atoms with Gasteiger partial charge in [0.05, 0.1) is 10.8 Å². The number of hydrogen-bond acceptors (Lipinski definition) is 2. The second kappa shape index (κ2) is 5.66. The lowest BCUT2D eigenvalue weighted by atomic mass is 9.97. The van der Waals surface area contributed by atoms with E-state index in [9.17, 15) is 9.00 Å². The molecule has 18 heavy (non-hydrogen) atoms. The standard InChI is InChI=1S/C14H25NO2S/c1-10(2)9-13-12(11(3)16)7-8-15(13)18(17)14(4,5)6/h7,10,13H,8-9H2,1-6H3/t13-,18+/m0/s1. The summed E-state index contributed by atoms with van der Waals surface area (Å²) in [6.45, 7) is 12.4. The summed E-state index contributed by atoms with van der Waals surface area (Å²) in [4.78, 5) is 11.7. The average Bonchev–Trinajstić information content (AvgIpc) is 2.57. The van der Waals surface area contributed by atoms with Crippen molar-refractivity contribution in [2.45, 2.75) is 58.8 Å². The van der Waals surface area contributed by atoms with E-state index in [0.717, 1.165) is 12.0 Å². The average molecular weight is 271 g/mol. The second-order valence-corrected chi connectivity index (χ2v) is 8.51. The number of hydrogen-bond donors (Lipinski definition) is 0. The van der Waals surface area contributed by atoms with Gasteiger partial charge in [0.15, 0.2) is 5.78 Å². The molecule has 0 N–H and O–H groups in total. The van der Waals surface area contributed by atoms with Crippen LogP contribution in [0.5, 0.6) is 0 Å². The predicted molar refractivity (Wildman–Crippen MR) is 76.6 cm³/mol. The summed E-state index contributed by atoms with van der Waals surface area (Å²) in [6, 6.07) is 0.0163. The highest BCUT2D eigenvalue weighted by molar-refractivity contribution is 7.84. The number of carbonyl (C=O) groups is 1. The Morgan fingerprint density at radius 1 is 1.50 bits per heavy atom. The molecule has 0 saturated heterocycles. The number of Topliss-reactive ketones (excluding diaryl/α,β-unsaturated/α-hetero) is 1. The van der Waals surface area contributed by atoms with Gasteiger partial charge in [-0.3, -0.25) is 4.79 Å². The van der Waals surface area contributed by atoms with Gasteiger partial charge in [0.2, 0.25) is 0 Å². The molecule has 0 aliphatic carbocycles. The molecule has 1 aliphatic rings. The Hall–Kier alpha value is -0.480. The van der Waals surface area contributed by atoms with Crippen molar-refractivity contribution >= 4 is 16.8 Å². The Morgan fingerprint density at radius 3 is 2.44 bits per heavy atom. The molecule has 0 spiro atoms. The third kappa shape index (κ3) is 3.51. The largest absolute Gasteiger partial charge is 0.295 e. The van der Waals surface area contributed by atoms with E-state index in [2.05, 4.69) is 13.8 Å². The fourth-order valence-corrected chi connectivity index (χ4v) is 3.56. The van der Waals surface area contributed by atoms with Crippen LogP contribution in [-0.2, 0) is 15.8 Å². The van der Waals surface area contributed by atoms with E-state index in [0.29, 0.717) is 12.5 Å². The van der Waals surface area contributed by atoms with Gasteiger partial charge in [-0.25, -0.2) is 8.51 Å². The first-order valence-electron chi connectivity index (χ1n) is 6.54. The van der Waals surface area contributed by atoms with Crippen LogP contribution >= 0.6 is 0 Å². The molecule has 0 aromatic carbocycles. The molecule has 0 aromatic heterocycles. The van der Waals surface area contributed by atoms with Gasteiger partial charge in [-0.2, -0.15) is 0 Å². The normalized spacial score (nSPS) is 23.3. The summed E-state index contributed by atoms with van der Waals surface area (Å²) in [7, 11) is -1.07. The smallest absolute Gasteiger partial charge is 0.157 e. The zero-order valence-corrected chi connectivity index (χ0v) is 13.1. The molecule has 0 saturated carbocycles. The van der Waals surface area contributed by atoms with E-state index in [1.54, 1.807) is 6.92 Å². The van der Waals surface area contributed by atoms with Crippen molar-refractivity contribution in [3.8, 4) is 0 Å². The van der Waals surface area contributed by atoms with Crippen LogP contribution in [-0.4, -0.2) is 31.6 Å². The van der Waals surface area contributed by atoms with Crippen LogP contribution in [0.2, 0.25) is 0 Å². The molecule has 1 heterocycles. The molecular formula is C14H25NO2S. The summed E-state index contributed by atoms with van der Waals surface area (Å²) in [5, 5.41) is 0. The Morgan fingerprint density at radius 2 is 2.06 bits per heavy atom. The van der Waals surface area contributed by atoms with E-state index < -0.39 is 11.0 Å². The molecule has 0 aromatic rings. The Bertz CT molecular complexity index is 380. The summed E-state index contributed by atoms with van der Waals surface area (Å²) < 4.78 is 14.2. The molecule has 0 amide bonds. The minimum absolute atomic E-state index is 0.0163. The lowest BCUT2D eigenvalue weighted by Gasteiger charge is -2.32. The van der Waals surface area contributed by atoms with Crippen molar-refractivity contribution in [1.29, 1.82) is 0 Å². The summed E-state index contributed by atoms with van der Waals surface area (Å²) in [5.41, 5.74) is 0.835. The molecule has 3 nitrogen and oxygen atoms in total. The van der Waals surface area contributed by atoms with Gasteiger partial charge in [-0.1, -0.05) is 19.9 Å². The van der Waals surface area contributed by atoms with Crippen LogP contribution in [0.3, 0.4) is 0 Å². The van der Waals surface area contributed by atoms with Gasteiger partial charge in [0.25, 0.3) is 0 Å². The second-order valence-electron chi connectivity index (χ2n) is 6.32. The summed E-state index contributed by atoms with van der Waals surface area (Å²) in [5.74, 6) is 0.587. The lowest BCUT2D eigenvalue weighted by molar-refractivity contribution is -0.114. The maximum absolute atomic E-state index is 12.5. The molecule has 0 fully saturated rings. The molecule has 0 unspecified atom stereocenters. The van der Waals surface area contributed by atoms with Crippen molar-refractivity contribution in [3.63, 3.8) is 0 Å². The summed E-state index contributed by atoms with van der Waals surface area (Å²) >= 11 is 0. The van der Waals surface area contributed by atoms with Gasteiger partial charge >= 0.3 is 0 Å². The lowest BCUT2D eigenvalue weighted by Crippen LogP contribution is -2.43. The molecule has 2 atom stereocenters. The van der Waals surface area contributed by atoms with E-state index in [1.807, 2.05) is 31.2 Å². The van der Waals surface area contributed by atoms with Gasteiger partial charge in [0, 0.05) is 12.1 Å². The number of nitrogens with zero attached hydrogens (tertiary/aromatic N) is 1. The zero-order chi connectivity index (χ0) is 14.1. The van der Waals surface area contributed by atoms with Gasteiger partial charge in [-0.15, -0.1) is 0 Å². The van der Waals surface area contributed by atoms with Gasteiger partial charge in [0.1, 0.15) is 11.0 Å². The number of ketones is 1. The van der Waals surface area contributed by atoms with E-state index in [4.69, 9.17) is 0 Å². The maximum atomic E-state index is 12.5. The Kier molecular flexibility index (Phi) is 4.90. The number of rotatable bonds is 4. The minimum atomic E-state index is -1.07. The highest BCUT2D eigenvalue weighted by atomic mass is 32.2. The SMILES string of the molecule is CC(=O)C1=CCN([S@](=O)C(C)(C)C)[C@H]1CC(C)C. The first-order valence-corrected chi connectivity index (χ1v) is 7.65. The van der Waals surface area contributed by atoms with Crippen LogP contribution in [0.1, 0.15) is 48.0 Å². The first kappa shape index (κ1) is 15.6. The van der Waals surface area contributed by atoms with Crippen molar-refractivity contribution in [2.75, 3.05) is 6.54 Å². The molecule has 4 heteroatoms. The number of carbonyl (C=O) groups excluding carboxylic acids is 1. The van der Waals surface area contributed by atoms with Gasteiger partial charge < -0.3 is 0 Å². The highest BCUT2D eigenvalue weighted by Gasteiger charge is 2.37. The fourth-order valence-electron chi connectivity index (χ4n) is 2.21. The van der Waals surface area contributed by atoms with Crippen LogP contribution in [0.4, 0.5) is 0 Å². The Balaban J connectivity index is 2.95. The molecule has 1 rings (SSSR count). The molecule has 1 aliphatic heterocycles. The minimum Gasteiger partial charge on any atom is -0.295 e. The summed E-state index contributed by atoms with van der Waals surface area (Å²) in [6.07, 6.45) is 2.83. The van der Waals surface area contributed by atoms with Crippen molar-refractivity contribution in [3.05, 3.63) is 11.6 Å². The monoisotopic (exact) mass is 271 g/mol. The topological polar surface area (TPSA) is 37.4 Å². The fraction of sp³-hybridized carbons (Fsp3) is 0.786. The third-order valence-corrected chi connectivity index (χ3v) is 4.91. The van der Waals surface area contributed by atoms with Crippen LogP contribution in [0, 0.1) is 5.92 Å². The van der Waals surface area contributed by atoms with Crippen molar-refractivity contribution in [1.82, 2.24) is 4.31 Å². The van der Waals surface area contributed by atoms with Gasteiger partial charge in [-0.05, 0) is 40.0 Å².